The lowest BCUT2D eigenvalue weighted by atomic mass is 10.2. The Balaban J connectivity index is 2.33. The number of ether oxygens (including phenoxy) is 1. The van der Waals surface area contributed by atoms with Crippen LogP contribution in [0.5, 0.6) is 0 Å². The van der Waals surface area contributed by atoms with Crippen LogP contribution in [0.25, 0.3) is 5.69 Å². The van der Waals surface area contributed by atoms with Crippen molar-refractivity contribution in [3.05, 3.63) is 51.9 Å². The highest BCUT2D eigenvalue weighted by Gasteiger charge is 2.14. The van der Waals surface area contributed by atoms with Crippen molar-refractivity contribution in [2.75, 3.05) is 6.61 Å². The number of carbonyl (C=O) groups excluding carboxylic acids is 1. The maximum atomic E-state index is 13.6. The molecule has 0 spiro atoms. The molecular weight excluding hydrogens is 270 g/mol. The molecule has 0 aliphatic rings. The summed E-state index contributed by atoms with van der Waals surface area (Å²) in [5, 5.41) is 2.53. The second-order valence-electron chi connectivity index (χ2n) is 4.02. The first-order valence-corrected chi connectivity index (χ1v) is 5.93. The number of halogens is 2. The van der Waals surface area contributed by atoms with E-state index in [1.54, 1.807) is 6.92 Å². The molecule has 1 aromatic heterocycles. The summed E-state index contributed by atoms with van der Waals surface area (Å²) in [7, 11) is 0. The van der Waals surface area contributed by atoms with Crippen molar-refractivity contribution in [2.24, 2.45) is 0 Å². The van der Waals surface area contributed by atoms with Crippen molar-refractivity contribution in [1.29, 1.82) is 0 Å². The van der Waals surface area contributed by atoms with Crippen molar-refractivity contribution < 1.29 is 18.3 Å². The van der Waals surface area contributed by atoms with E-state index in [-0.39, 0.29) is 24.3 Å². The van der Waals surface area contributed by atoms with Gasteiger partial charge >= 0.3 is 5.97 Å². The van der Waals surface area contributed by atoms with Gasteiger partial charge in [-0.15, -0.1) is 0 Å². The van der Waals surface area contributed by atoms with Crippen LogP contribution in [0, 0.1) is 11.6 Å². The molecule has 7 heteroatoms. The van der Waals surface area contributed by atoms with Gasteiger partial charge < -0.3 is 4.74 Å². The summed E-state index contributed by atoms with van der Waals surface area (Å²) >= 11 is 0. The molecule has 0 unspecified atom stereocenters. The van der Waals surface area contributed by atoms with Crippen molar-refractivity contribution in [1.82, 2.24) is 9.78 Å². The van der Waals surface area contributed by atoms with Gasteiger partial charge in [0, 0.05) is 17.8 Å². The van der Waals surface area contributed by atoms with Gasteiger partial charge in [0.15, 0.2) is 5.82 Å². The van der Waals surface area contributed by atoms with E-state index >= 15 is 0 Å². The van der Waals surface area contributed by atoms with Crippen molar-refractivity contribution in [3.63, 3.8) is 0 Å². The van der Waals surface area contributed by atoms with Crippen LogP contribution in [0.2, 0.25) is 0 Å². The summed E-state index contributed by atoms with van der Waals surface area (Å²) in [6.45, 7) is 1.87. The Kier molecular flexibility index (Phi) is 3.97. The summed E-state index contributed by atoms with van der Waals surface area (Å²) in [6, 6.07) is 2.85. The molecule has 0 bridgehead atoms. The molecule has 0 aliphatic heterocycles. The molecule has 0 amide bonds. The van der Waals surface area contributed by atoms with E-state index in [0.717, 1.165) is 16.8 Å². The second-order valence-corrected chi connectivity index (χ2v) is 4.02. The number of nitrogens with zero attached hydrogens (tertiary/aromatic N) is 1. The number of hydrogen-bond acceptors (Lipinski definition) is 3. The molecule has 1 N–H and O–H groups in total. The van der Waals surface area contributed by atoms with Crippen LogP contribution < -0.4 is 5.56 Å². The topological polar surface area (TPSA) is 64.1 Å². The van der Waals surface area contributed by atoms with E-state index in [2.05, 4.69) is 5.10 Å². The van der Waals surface area contributed by atoms with Crippen LogP contribution in [-0.4, -0.2) is 22.4 Å². The number of hydrogen-bond donors (Lipinski definition) is 1. The zero-order valence-electron chi connectivity index (χ0n) is 10.7. The van der Waals surface area contributed by atoms with Gasteiger partial charge in [-0.3, -0.25) is 14.7 Å². The lowest BCUT2D eigenvalue weighted by Crippen LogP contribution is -2.21. The fraction of sp³-hybridized carbons (Fsp3) is 0.231. The first-order chi connectivity index (χ1) is 9.52. The predicted molar refractivity (Wildman–Crippen MR) is 66.6 cm³/mol. The van der Waals surface area contributed by atoms with Gasteiger partial charge in [-0.05, 0) is 19.1 Å². The molecule has 0 aliphatic carbocycles. The summed E-state index contributed by atoms with van der Waals surface area (Å²) in [5.74, 6) is -2.16. The van der Waals surface area contributed by atoms with Crippen molar-refractivity contribution in [3.8, 4) is 5.69 Å². The van der Waals surface area contributed by atoms with Crippen molar-refractivity contribution >= 4 is 5.97 Å². The minimum atomic E-state index is -0.878. The number of carbonyl (C=O) groups is 1. The lowest BCUT2D eigenvalue weighted by Gasteiger charge is -2.03. The third kappa shape index (κ3) is 2.76. The molecule has 20 heavy (non-hydrogen) atoms. The van der Waals surface area contributed by atoms with Gasteiger partial charge in [0.05, 0.1) is 13.0 Å². The number of esters is 1. The lowest BCUT2D eigenvalue weighted by molar-refractivity contribution is -0.142. The fourth-order valence-corrected chi connectivity index (χ4v) is 1.74. The van der Waals surface area contributed by atoms with Crippen LogP contribution in [0.3, 0.4) is 0 Å². The molecular formula is C13H12F2N2O3. The Bertz CT molecular complexity index is 691. The van der Waals surface area contributed by atoms with Crippen LogP contribution in [0.1, 0.15) is 12.5 Å². The third-order valence-corrected chi connectivity index (χ3v) is 2.64. The van der Waals surface area contributed by atoms with Gasteiger partial charge in [-0.1, -0.05) is 0 Å². The number of rotatable bonds is 4. The Hall–Kier alpha value is -2.44. The number of benzene rings is 1. The average molecular weight is 282 g/mol. The maximum Gasteiger partial charge on any atom is 0.310 e. The van der Waals surface area contributed by atoms with Crippen LogP contribution in [-0.2, 0) is 16.0 Å². The Morgan fingerprint density at radius 1 is 1.40 bits per heavy atom. The Morgan fingerprint density at radius 3 is 2.80 bits per heavy atom. The molecule has 2 aromatic rings. The zero-order chi connectivity index (χ0) is 14.7. The van der Waals surface area contributed by atoms with Gasteiger partial charge in [0.1, 0.15) is 11.5 Å². The van der Waals surface area contributed by atoms with Crippen LogP contribution in [0.4, 0.5) is 8.78 Å². The molecule has 106 valence electrons. The highest BCUT2D eigenvalue weighted by atomic mass is 19.1. The quantitative estimate of drug-likeness (QED) is 0.865. The Morgan fingerprint density at radius 2 is 2.15 bits per heavy atom. The van der Waals surface area contributed by atoms with Gasteiger partial charge in [-0.25, -0.2) is 13.5 Å². The SMILES string of the molecule is CCOC(=O)Cc1c[nH]n(-c2ccc(F)cc2F)c1=O. The van der Waals surface area contributed by atoms with E-state index in [9.17, 15) is 18.4 Å². The zero-order valence-corrected chi connectivity index (χ0v) is 10.7. The molecule has 0 atom stereocenters. The van der Waals surface area contributed by atoms with Crippen LogP contribution in [0.15, 0.2) is 29.2 Å². The highest BCUT2D eigenvalue weighted by molar-refractivity contribution is 5.72. The first kappa shape index (κ1) is 14.0. The number of aromatic amines is 1. The second kappa shape index (κ2) is 5.68. The highest BCUT2D eigenvalue weighted by Crippen LogP contribution is 2.12. The summed E-state index contributed by atoms with van der Waals surface area (Å²) in [4.78, 5) is 23.3. The van der Waals surface area contributed by atoms with E-state index < -0.39 is 23.2 Å². The number of H-pyrrole nitrogens is 1. The normalized spacial score (nSPS) is 10.6. The largest absolute Gasteiger partial charge is 0.466 e. The molecule has 1 aromatic carbocycles. The third-order valence-electron chi connectivity index (χ3n) is 2.64. The molecule has 5 nitrogen and oxygen atoms in total. The predicted octanol–water partition coefficient (Wildman–Crippen LogP) is 1.55. The first-order valence-electron chi connectivity index (χ1n) is 5.93. The van der Waals surface area contributed by atoms with Gasteiger partial charge in [-0.2, -0.15) is 0 Å². The molecule has 0 saturated heterocycles. The monoisotopic (exact) mass is 282 g/mol. The van der Waals surface area contributed by atoms with Gasteiger partial charge in [0.2, 0.25) is 0 Å². The van der Waals surface area contributed by atoms with Gasteiger partial charge in [0.25, 0.3) is 5.56 Å². The maximum absolute atomic E-state index is 13.6. The van der Waals surface area contributed by atoms with E-state index in [0.29, 0.717) is 6.07 Å². The molecule has 2 rings (SSSR count). The number of nitrogens with one attached hydrogen (secondary N) is 1. The molecule has 0 saturated carbocycles. The minimum absolute atomic E-state index is 0.119. The summed E-state index contributed by atoms with van der Waals surface area (Å²) in [6.07, 6.45) is 1.08. The molecule has 0 radical (unpaired) electrons. The standard InChI is InChI=1S/C13H12F2N2O3/c1-2-20-12(18)5-8-7-16-17(13(8)19)11-4-3-9(14)6-10(11)15/h3-4,6-7,16H,2,5H2,1H3. The van der Waals surface area contributed by atoms with E-state index in [1.165, 1.54) is 6.20 Å². The summed E-state index contributed by atoms with van der Waals surface area (Å²) in [5.41, 5.74) is -0.553. The fourth-order valence-electron chi connectivity index (χ4n) is 1.74. The molecule has 0 fully saturated rings. The van der Waals surface area contributed by atoms with Crippen molar-refractivity contribution in [2.45, 2.75) is 13.3 Å². The smallest absolute Gasteiger partial charge is 0.310 e. The summed E-state index contributed by atoms with van der Waals surface area (Å²) < 4.78 is 32.1. The number of aromatic nitrogens is 2. The minimum Gasteiger partial charge on any atom is -0.466 e. The Labute approximate surface area is 112 Å². The molecule has 1 heterocycles. The average Bonchev–Trinajstić information content (AvgIpc) is 2.72. The van der Waals surface area contributed by atoms with E-state index in [4.69, 9.17) is 4.74 Å². The van der Waals surface area contributed by atoms with Crippen LogP contribution >= 0.6 is 0 Å². The van der Waals surface area contributed by atoms with E-state index in [1.807, 2.05) is 0 Å².